The molecule has 0 spiro atoms. The Hall–Kier alpha value is -2.05. The maximum absolute atomic E-state index is 13.1. The highest BCUT2D eigenvalue weighted by Crippen LogP contribution is 2.35. The van der Waals surface area contributed by atoms with Gasteiger partial charge in [0.15, 0.2) is 0 Å². The number of amides is 1. The zero-order chi connectivity index (χ0) is 18.8. The Kier molecular flexibility index (Phi) is 5.75. The maximum Gasteiger partial charge on any atom is 0.416 e. The number of fused-ring (bicyclic) bond motifs is 1. The first-order valence-electron chi connectivity index (χ1n) is 8.49. The molecule has 1 amide bonds. The number of nitrogens with zero attached hydrogens (tertiary/aromatic N) is 1. The Morgan fingerprint density at radius 2 is 1.84 bits per heavy atom. The number of carbonyl (C=O) groups is 2. The molecule has 4 nitrogen and oxygen atoms in total. The van der Waals surface area contributed by atoms with Crippen molar-refractivity contribution in [2.45, 2.75) is 58.2 Å². The standard InChI is InChI=1S/C18H22F3NO3/c1-3-5-12(6-4-2)22-8-7-13-14(16(22)23)9-11(18(19,20)21)10-15(13)17(24)25/h9-10,12H,3-8H2,1-2H3,(H,24,25). The molecule has 0 saturated carbocycles. The van der Waals surface area contributed by atoms with Gasteiger partial charge in [-0.3, -0.25) is 4.79 Å². The van der Waals surface area contributed by atoms with Crippen LogP contribution in [0.2, 0.25) is 0 Å². The Morgan fingerprint density at radius 1 is 1.24 bits per heavy atom. The van der Waals surface area contributed by atoms with Crippen LogP contribution in [0.5, 0.6) is 0 Å². The molecular weight excluding hydrogens is 335 g/mol. The number of aromatic carboxylic acids is 1. The first kappa shape index (κ1) is 19.3. The van der Waals surface area contributed by atoms with E-state index < -0.39 is 29.2 Å². The Labute approximate surface area is 144 Å². The molecule has 0 bridgehead atoms. The van der Waals surface area contributed by atoms with Crippen molar-refractivity contribution in [3.05, 3.63) is 34.4 Å². The molecule has 7 heteroatoms. The molecule has 1 aliphatic rings. The van der Waals surface area contributed by atoms with Crippen molar-refractivity contribution in [3.63, 3.8) is 0 Å². The number of carboxylic acids is 1. The van der Waals surface area contributed by atoms with E-state index in [9.17, 15) is 27.9 Å². The molecule has 25 heavy (non-hydrogen) atoms. The summed E-state index contributed by atoms with van der Waals surface area (Å²) in [5.41, 5.74) is -1.45. The molecule has 0 aliphatic carbocycles. The van der Waals surface area contributed by atoms with E-state index in [1.165, 1.54) is 0 Å². The lowest BCUT2D eigenvalue weighted by Gasteiger charge is -2.36. The lowest BCUT2D eigenvalue weighted by molar-refractivity contribution is -0.137. The summed E-state index contributed by atoms with van der Waals surface area (Å²) in [6, 6.07) is 1.39. The van der Waals surface area contributed by atoms with Crippen LogP contribution in [-0.4, -0.2) is 34.5 Å². The van der Waals surface area contributed by atoms with Crippen LogP contribution >= 0.6 is 0 Å². The van der Waals surface area contributed by atoms with Gasteiger partial charge in [-0.05, 0) is 37.0 Å². The van der Waals surface area contributed by atoms with Gasteiger partial charge in [-0.15, -0.1) is 0 Å². The lowest BCUT2D eigenvalue weighted by atomic mass is 9.89. The summed E-state index contributed by atoms with van der Waals surface area (Å²) in [5.74, 6) is -1.94. The van der Waals surface area contributed by atoms with E-state index in [1.807, 2.05) is 13.8 Å². The second-order valence-corrected chi connectivity index (χ2v) is 6.33. The summed E-state index contributed by atoms with van der Waals surface area (Å²) in [7, 11) is 0. The smallest absolute Gasteiger partial charge is 0.416 e. The molecule has 2 rings (SSSR count). The Morgan fingerprint density at radius 3 is 2.32 bits per heavy atom. The summed E-state index contributed by atoms with van der Waals surface area (Å²) >= 11 is 0. The average molecular weight is 357 g/mol. The predicted octanol–water partition coefficient (Wildman–Crippen LogP) is 4.37. The van der Waals surface area contributed by atoms with Crippen LogP contribution < -0.4 is 0 Å². The second kappa shape index (κ2) is 7.45. The molecule has 0 aromatic heterocycles. The van der Waals surface area contributed by atoms with Gasteiger partial charge in [0.2, 0.25) is 0 Å². The Bertz CT molecular complexity index is 664. The number of carbonyl (C=O) groups excluding carboxylic acids is 1. The van der Waals surface area contributed by atoms with Gasteiger partial charge in [0.1, 0.15) is 0 Å². The zero-order valence-corrected chi connectivity index (χ0v) is 14.3. The van der Waals surface area contributed by atoms with Crippen LogP contribution in [0.3, 0.4) is 0 Å². The topological polar surface area (TPSA) is 57.6 Å². The monoisotopic (exact) mass is 357 g/mol. The van der Waals surface area contributed by atoms with Gasteiger partial charge in [0.05, 0.1) is 11.1 Å². The number of carboxylic acid groups (broad SMARTS) is 1. The van der Waals surface area contributed by atoms with Crippen LogP contribution in [0.15, 0.2) is 12.1 Å². The van der Waals surface area contributed by atoms with Crippen LogP contribution in [0.25, 0.3) is 0 Å². The van der Waals surface area contributed by atoms with Crippen molar-refractivity contribution in [2.24, 2.45) is 0 Å². The van der Waals surface area contributed by atoms with Crippen LogP contribution in [-0.2, 0) is 12.6 Å². The van der Waals surface area contributed by atoms with E-state index in [1.54, 1.807) is 4.90 Å². The first-order valence-corrected chi connectivity index (χ1v) is 8.49. The highest BCUT2D eigenvalue weighted by atomic mass is 19.4. The quantitative estimate of drug-likeness (QED) is 0.822. The SMILES string of the molecule is CCCC(CCC)N1CCc2c(C(=O)O)cc(C(F)(F)F)cc2C1=O. The van der Waals surface area contributed by atoms with Crippen molar-refractivity contribution < 1.29 is 27.9 Å². The molecule has 0 radical (unpaired) electrons. The number of hydrogen-bond donors (Lipinski definition) is 1. The van der Waals surface area contributed by atoms with Crippen molar-refractivity contribution in [1.29, 1.82) is 0 Å². The summed E-state index contributed by atoms with van der Waals surface area (Å²) < 4.78 is 39.3. The third-order valence-electron chi connectivity index (χ3n) is 4.59. The van der Waals surface area contributed by atoms with E-state index in [4.69, 9.17) is 0 Å². The first-order chi connectivity index (χ1) is 11.7. The third-order valence-corrected chi connectivity index (χ3v) is 4.59. The van der Waals surface area contributed by atoms with Crippen LogP contribution in [0, 0.1) is 0 Å². The minimum absolute atomic E-state index is 0.0292. The highest BCUT2D eigenvalue weighted by molar-refractivity contribution is 6.01. The molecular formula is C18H22F3NO3. The summed E-state index contributed by atoms with van der Waals surface area (Å²) in [4.78, 5) is 25.8. The van der Waals surface area contributed by atoms with Crippen molar-refractivity contribution in [2.75, 3.05) is 6.54 Å². The van der Waals surface area contributed by atoms with E-state index in [-0.39, 0.29) is 23.6 Å². The summed E-state index contributed by atoms with van der Waals surface area (Å²) in [6.45, 7) is 4.33. The van der Waals surface area contributed by atoms with E-state index in [2.05, 4.69) is 0 Å². The van der Waals surface area contributed by atoms with Gasteiger partial charge in [0, 0.05) is 18.2 Å². The minimum atomic E-state index is -4.70. The molecule has 1 aromatic rings. The lowest BCUT2D eigenvalue weighted by Crippen LogP contribution is -2.45. The van der Waals surface area contributed by atoms with Crippen molar-refractivity contribution in [1.82, 2.24) is 4.90 Å². The van der Waals surface area contributed by atoms with Crippen LogP contribution in [0.4, 0.5) is 13.2 Å². The predicted molar refractivity (Wildman–Crippen MR) is 86.7 cm³/mol. The molecule has 0 unspecified atom stereocenters. The van der Waals surface area contributed by atoms with Gasteiger partial charge < -0.3 is 10.0 Å². The fourth-order valence-corrected chi connectivity index (χ4v) is 3.45. The van der Waals surface area contributed by atoms with Gasteiger partial charge in [-0.2, -0.15) is 13.2 Å². The molecule has 0 saturated heterocycles. The Balaban J connectivity index is 2.51. The molecule has 0 atom stereocenters. The molecule has 1 aliphatic heterocycles. The summed E-state index contributed by atoms with van der Waals surface area (Å²) in [6.07, 6.45) is -1.16. The minimum Gasteiger partial charge on any atom is -0.478 e. The number of benzene rings is 1. The fourth-order valence-electron chi connectivity index (χ4n) is 3.45. The van der Waals surface area contributed by atoms with Gasteiger partial charge in [-0.25, -0.2) is 4.79 Å². The van der Waals surface area contributed by atoms with E-state index in [0.29, 0.717) is 12.6 Å². The zero-order valence-electron chi connectivity index (χ0n) is 14.3. The maximum atomic E-state index is 13.1. The molecule has 1 heterocycles. The van der Waals surface area contributed by atoms with Gasteiger partial charge >= 0.3 is 12.1 Å². The van der Waals surface area contributed by atoms with E-state index >= 15 is 0 Å². The average Bonchev–Trinajstić information content (AvgIpc) is 2.53. The molecule has 138 valence electrons. The summed E-state index contributed by atoms with van der Waals surface area (Å²) in [5, 5.41) is 9.27. The number of hydrogen-bond acceptors (Lipinski definition) is 2. The number of rotatable bonds is 6. The molecule has 0 fully saturated rings. The van der Waals surface area contributed by atoms with Gasteiger partial charge in [-0.1, -0.05) is 26.7 Å². The molecule has 1 aromatic carbocycles. The van der Waals surface area contributed by atoms with Gasteiger partial charge in [0.25, 0.3) is 5.91 Å². The second-order valence-electron chi connectivity index (χ2n) is 6.33. The largest absolute Gasteiger partial charge is 0.478 e. The number of alkyl halides is 3. The van der Waals surface area contributed by atoms with Crippen molar-refractivity contribution in [3.8, 4) is 0 Å². The van der Waals surface area contributed by atoms with Crippen LogP contribution in [0.1, 0.15) is 71.4 Å². The van der Waals surface area contributed by atoms with Crippen molar-refractivity contribution >= 4 is 11.9 Å². The van der Waals surface area contributed by atoms with E-state index in [0.717, 1.165) is 31.7 Å². The molecule has 1 N–H and O–H groups in total. The number of halogens is 3. The highest BCUT2D eigenvalue weighted by Gasteiger charge is 2.37. The normalized spacial score (nSPS) is 14.8. The third kappa shape index (κ3) is 3.96. The fraction of sp³-hybridized carbons (Fsp3) is 0.556.